The zero-order chi connectivity index (χ0) is 17.1. The molecule has 7 nitrogen and oxygen atoms in total. The number of nitrogens with zero attached hydrogens (tertiary/aromatic N) is 4. The van der Waals surface area contributed by atoms with Crippen LogP contribution in [0.3, 0.4) is 0 Å². The molecule has 2 aromatic heterocycles. The summed E-state index contributed by atoms with van der Waals surface area (Å²) in [6.07, 6.45) is 1.56. The largest absolute Gasteiger partial charge is 0.468 e. The lowest BCUT2D eigenvalue weighted by molar-refractivity contribution is -0.113. The van der Waals surface area contributed by atoms with Crippen molar-refractivity contribution < 1.29 is 13.6 Å². The molecule has 0 aliphatic heterocycles. The maximum Gasteiger partial charge on any atom is 0.234 e. The third kappa shape index (κ3) is 3.46. The van der Waals surface area contributed by atoms with E-state index in [2.05, 4.69) is 20.8 Å². The van der Waals surface area contributed by atoms with Crippen LogP contribution in [0, 0.1) is 19.7 Å². The van der Waals surface area contributed by atoms with Gasteiger partial charge in [0.05, 0.1) is 23.4 Å². The van der Waals surface area contributed by atoms with Crippen molar-refractivity contribution in [3.05, 3.63) is 47.9 Å². The molecule has 1 N–H and O–H groups in total. The molecule has 0 aliphatic rings. The van der Waals surface area contributed by atoms with Gasteiger partial charge in [0.1, 0.15) is 11.6 Å². The van der Waals surface area contributed by atoms with Gasteiger partial charge < -0.3 is 9.73 Å². The molecule has 1 aromatic carbocycles. The monoisotopic (exact) mass is 347 g/mol. The van der Waals surface area contributed by atoms with Crippen LogP contribution in [0.1, 0.15) is 11.6 Å². The lowest BCUT2D eigenvalue weighted by Crippen LogP contribution is -2.15. The number of halogens is 1. The van der Waals surface area contributed by atoms with Crippen LogP contribution in [-0.4, -0.2) is 31.9 Å². The predicted octanol–water partition coefficient (Wildman–Crippen LogP) is 2.74. The van der Waals surface area contributed by atoms with E-state index in [1.165, 1.54) is 34.6 Å². The quantitative estimate of drug-likeness (QED) is 0.714. The molecule has 9 heteroatoms. The van der Waals surface area contributed by atoms with Gasteiger partial charge in [0.2, 0.25) is 5.91 Å². The highest BCUT2D eigenvalue weighted by molar-refractivity contribution is 8.00. The highest BCUT2D eigenvalue weighted by Crippen LogP contribution is 2.24. The molecule has 0 aliphatic carbocycles. The van der Waals surface area contributed by atoms with Gasteiger partial charge in [0.25, 0.3) is 0 Å². The van der Waals surface area contributed by atoms with Crippen molar-refractivity contribution in [1.82, 2.24) is 20.2 Å². The Hall–Kier alpha value is -2.68. The lowest BCUT2D eigenvalue weighted by atomic mass is 10.2. The average Bonchev–Trinajstić information content (AvgIpc) is 3.16. The van der Waals surface area contributed by atoms with Crippen LogP contribution in [0.15, 0.2) is 39.8 Å². The second-order valence-corrected chi connectivity index (χ2v) is 6.00. The Balaban J connectivity index is 1.71. The summed E-state index contributed by atoms with van der Waals surface area (Å²) < 4.78 is 20.6. The summed E-state index contributed by atoms with van der Waals surface area (Å²) in [6.45, 7) is 3.55. The van der Waals surface area contributed by atoms with E-state index in [0.717, 1.165) is 10.7 Å². The number of nitrogens with one attached hydrogen (secondary N) is 1. The van der Waals surface area contributed by atoms with Gasteiger partial charge in [-0.2, -0.15) is 4.68 Å². The van der Waals surface area contributed by atoms with Gasteiger partial charge in [-0.1, -0.05) is 0 Å². The Morgan fingerprint density at radius 2 is 2.21 bits per heavy atom. The number of benzene rings is 1. The first kappa shape index (κ1) is 16.2. The molecule has 0 fully saturated rings. The van der Waals surface area contributed by atoms with Crippen LogP contribution in [-0.2, 0) is 4.79 Å². The van der Waals surface area contributed by atoms with Crippen LogP contribution in [0.5, 0.6) is 0 Å². The summed E-state index contributed by atoms with van der Waals surface area (Å²) in [6, 6.07) is 6.08. The number of thioether (sulfide) groups is 1. The highest BCUT2D eigenvalue weighted by Gasteiger charge is 2.12. The van der Waals surface area contributed by atoms with Crippen molar-refractivity contribution >= 4 is 23.4 Å². The Bertz CT molecular complexity index is 876. The Labute approximate surface area is 141 Å². The molecule has 3 rings (SSSR count). The Morgan fingerprint density at radius 3 is 2.88 bits per heavy atom. The first-order valence-electron chi connectivity index (χ1n) is 7.06. The number of anilines is 1. The molecule has 1 amide bonds. The highest BCUT2D eigenvalue weighted by atomic mass is 32.2. The topological polar surface area (TPSA) is 85.8 Å². The normalized spacial score (nSPS) is 10.8. The smallest absolute Gasteiger partial charge is 0.234 e. The van der Waals surface area contributed by atoms with E-state index in [9.17, 15) is 9.18 Å². The molecule has 0 radical (unpaired) electrons. The van der Waals surface area contributed by atoms with E-state index in [1.807, 2.05) is 6.92 Å². The van der Waals surface area contributed by atoms with E-state index in [1.54, 1.807) is 19.3 Å². The molecule has 0 saturated heterocycles. The number of aromatic nitrogens is 4. The van der Waals surface area contributed by atoms with Gasteiger partial charge in [-0.15, -0.1) is 16.9 Å². The van der Waals surface area contributed by atoms with E-state index in [4.69, 9.17) is 4.42 Å². The summed E-state index contributed by atoms with van der Waals surface area (Å²) >= 11 is 1.33. The number of tetrazole rings is 1. The van der Waals surface area contributed by atoms with Crippen LogP contribution in [0.2, 0.25) is 0 Å². The van der Waals surface area contributed by atoms with Crippen LogP contribution in [0.4, 0.5) is 10.1 Å². The zero-order valence-corrected chi connectivity index (χ0v) is 13.8. The molecule has 0 unspecified atom stereocenters. The summed E-state index contributed by atoms with van der Waals surface area (Å²) in [5.41, 5.74) is 0.643. The second kappa shape index (κ2) is 6.83. The molecule has 0 spiro atoms. The van der Waals surface area contributed by atoms with E-state index in [0.29, 0.717) is 11.5 Å². The zero-order valence-electron chi connectivity index (χ0n) is 13.0. The third-order valence-corrected chi connectivity index (χ3v) is 4.41. The summed E-state index contributed by atoms with van der Waals surface area (Å²) in [7, 11) is 0. The van der Waals surface area contributed by atoms with Crippen molar-refractivity contribution in [2.75, 3.05) is 11.1 Å². The fourth-order valence-electron chi connectivity index (χ4n) is 2.06. The third-order valence-electron chi connectivity index (χ3n) is 3.26. The predicted molar refractivity (Wildman–Crippen MR) is 86.6 cm³/mol. The van der Waals surface area contributed by atoms with Gasteiger partial charge in [-0.25, -0.2) is 4.39 Å². The minimum absolute atomic E-state index is 0.0805. The van der Waals surface area contributed by atoms with Gasteiger partial charge >= 0.3 is 0 Å². The summed E-state index contributed by atoms with van der Waals surface area (Å²) in [4.78, 5) is 12.9. The molecular weight excluding hydrogens is 333 g/mol. The lowest BCUT2D eigenvalue weighted by Gasteiger charge is -2.09. The Kier molecular flexibility index (Phi) is 4.61. The fourth-order valence-corrected chi connectivity index (χ4v) is 2.83. The number of carbonyl (C=O) groups is 1. The van der Waals surface area contributed by atoms with Crippen molar-refractivity contribution in [3.8, 4) is 5.69 Å². The standard InChI is InChI=1S/C15H14FN5O2S/c1-9-14(5-6-23-9)24-8-15(22)17-13-7-11(3-4-12(13)16)21-10(2)18-19-20-21/h3-7H,8H2,1-2H3,(H,17,22). The van der Waals surface area contributed by atoms with Crippen molar-refractivity contribution in [1.29, 1.82) is 0 Å². The number of hydrogen-bond acceptors (Lipinski definition) is 6. The first-order valence-corrected chi connectivity index (χ1v) is 8.05. The molecule has 0 saturated carbocycles. The van der Waals surface area contributed by atoms with Gasteiger partial charge in [0.15, 0.2) is 5.82 Å². The van der Waals surface area contributed by atoms with Crippen LogP contribution >= 0.6 is 11.8 Å². The first-order chi connectivity index (χ1) is 11.5. The number of hydrogen-bond donors (Lipinski definition) is 1. The van der Waals surface area contributed by atoms with E-state index < -0.39 is 5.82 Å². The summed E-state index contributed by atoms with van der Waals surface area (Å²) in [5, 5.41) is 13.7. The Morgan fingerprint density at radius 1 is 1.38 bits per heavy atom. The molecule has 0 atom stereocenters. The number of amides is 1. The number of aryl methyl sites for hydroxylation is 2. The van der Waals surface area contributed by atoms with Crippen LogP contribution < -0.4 is 5.32 Å². The van der Waals surface area contributed by atoms with Gasteiger partial charge in [-0.05, 0) is 48.5 Å². The maximum absolute atomic E-state index is 14.0. The molecule has 24 heavy (non-hydrogen) atoms. The maximum atomic E-state index is 14.0. The SMILES string of the molecule is Cc1occc1SCC(=O)Nc1cc(-n2nnnc2C)ccc1F. The van der Waals surface area contributed by atoms with E-state index >= 15 is 0 Å². The van der Waals surface area contributed by atoms with Crippen molar-refractivity contribution in [3.63, 3.8) is 0 Å². The fraction of sp³-hybridized carbons (Fsp3) is 0.200. The molecule has 3 aromatic rings. The molecule has 2 heterocycles. The summed E-state index contributed by atoms with van der Waals surface area (Å²) in [5.74, 6) is 0.612. The second-order valence-electron chi connectivity index (χ2n) is 4.98. The van der Waals surface area contributed by atoms with E-state index in [-0.39, 0.29) is 17.3 Å². The minimum atomic E-state index is -0.526. The van der Waals surface area contributed by atoms with Crippen molar-refractivity contribution in [2.24, 2.45) is 0 Å². The molecular formula is C15H14FN5O2S. The van der Waals surface area contributed by atoms with Gasteiger partial charge in [0, 0.05) is 4.90 Å². The average molecular weight is 347 g/mol. The minimum Gasteiger partial charge on any atom is -0.468 e. The van der Waals surface area contributed by atoms with Crippen molar-refractivity contribution in [2.45, 2.75) is 18.7 Å². The van der Waals surface area contributed by atoms with Crippen LogP contribution in [0.25, 0.3) is 5.69 Å². The number of furan rings is 1. The van der Waals surface area contributed by atoms with Gasteiger partial charge in [-0.3, -0.25) is 4.79 Å². The number of rotatable bonds is 5. The molecule has 124 valence electrons. The molecule has 0 bridgehead atoms. The number of carbonyl (C=O) groups excluding carboxylic acids is 1.